The first kappa shape index (κ1) is 18.5. The van der Waals surface area contributed by atoms with Gasteiger partial charge in [0, 0.05) is 23.5 Å². The van der Waals surface area contributed by atoms with Crippen molar-refractivity contribution in [1.82, 2.24) is 0 Å². The second-order valence-corrected chi connectivity index (χ2v) is 9.56. The van der Waals surface area contributed by atoms with Crippen LogP contribution in [0.2, 0.25) is 0 Å². The zero-order valence-corrected chi connectivity index (χ0v) is 17.1. The number of aryl methyl sites for hydroxylation is 1. The topological polar surface area (TPSA) is 81.5 Å². The van der Waals surface area contributed by atoms with Gasteiger partial charge in [-0.3, -0.25) is 9.79 Å². The molecule has 1 fully saturated rings. The van der Waals surface area contributed by atoms with Gasteiger partial charge in [0.15, 0.2) is 0 Å². The lowest BCUT2D eigenvalue weighted by Crippen LogP contribution is -2.26. The minimum absolute atomic E-state index is 0.0638. The average molecular weight is 384 g/mol. The third-order valence-corrected chi connectivity index (χ3v) is 7.29. The molecule has 1 saturated carbocycles. The van der Waals surface area contributed by atoms with Crippen LogP contribution in [-0.2, 0) is 16.8 Å². The van der Waals surface area contributed by atoms with E-state index >= 15 is 0 Å². The zero-order valence-electron chi connectivity index (χ0n) is 16.3. The fraction of sp³-hybridized carbons (Fsp3) is 0.545. The number of rotatable bonds is 5. The number of thiophene rings is 1. The van der Waals surface area contributed by atoms with Crippen molar-refractivity contribution >= 4 is 38.0 Å². The molecule has 4 N–H and O–H groups in total. The number of nitrogen functional groups attached to an aromatic ring is 1. The van der Waals surface area contributed by atoms with Gasteiger partial charge in [0.05, 0.1) is 16.4 Å². The summed E-state index contributed by atoms with van der Waals surface area (Å²) in [5.74, 6) is 1.81. The number of carbonyl (C=O) groups excluding carboxylic acids is 1. The predicted molar refractivity (Wildman–Crippen MR) is 114 cm³/mol. The quantitative estimate of drug-likeness (QED) is 0.779. The minimum Gasteiger partial charge on any atom is -0.390 e. The molecule has 5 heteroatoms. The summed E-state index contributed by atoms with van der Waals surface area (Å²) < 4.78 is 1.22. The highest BCUT2D eigenvalue weighted by Crippen LogP contribution is 2.41. The van der Waals surface area contributed by atoms with Crippen LogP contribution >= 0.6 is 11.3 Å². The molecule has 2 aromatic rings. The van der Waals surface area contributed by atoms with Gasteiger partial charge in [0.25, 0.3) is 0 Å². The first-order valence-electron chi connectivity index (χ1n) is 10.1. The minimum atomic E-state index is -0.594. The summed E-state index contributed by atoms with van der Waals surface area (Å²) >= 11 is 1.66. The molecule has 1 aromatic heterocycles. The van der Waals surface area contributed by atoms with Crippen LogP contribution in [-0.4, -0.2) is 11.6 Å². The van der Waals surface area contributed by atoms with Crippen molar-refractivity contribution in [1.29, 1.82) is 0 Å². The number of nitrogens with zero attached hydrogens (tertiary/aromatic N) is 1. The van der Waals surface area contributed by atoms with Crippen molar-refractivity contribution in [2.24, 2.45) is 22.6 Å². The molecular weight excluding hydrogens is 354 g/mol. The monoisotopic (exact) mass is 383 g/mol. The molecule has 144 valence electrons. The first-order chi connectivity index (χ1) is 12.9. The molecule has 0 bridgehead atoms. The molecule has 0 radical (unpaired) electrons. The summed E-state index contributed by atoms with van der Waals surface area (Å²) in [6, 6.07) is 6.44. The van der Waals surface area contributed by atoms with Crippen molar-refractivity contribution in [2.75, 3.05) is 5.73 Å². The summed E-state index contributed by atoms with van der Waals surface area (Å²) in [6.45, 7) is 4.10. The Kier molecular flexibility index (Phi) is 4.75. The normalized spacial score (nSPS) is 26.2. The van der Waals surface area contributed by atoms with Crippen LogP contribution in [0, 0.1) is 11.8 Å². The fourth-order valence-corrected chi connectivity index (χ4v) is 5.29. The van der Waals surface area contributed by atoms with Crippen LogP contribution in [0.25, 0.3) is 10.1 Å². The van der Waals surface area contributed by atoms with Crippen LogP contribution in [0.5, 0.6) is 0 Å². The maximum Gasteiger partial charge on any atom is 0.136 e. The number of Topliss-reactive ketones (excluding diaryl/α,β-unsaturated/α-hetero) is 1. The molecule has 1 aliphatic carbocycles. The van der Waals surface area contributed by atoms with Crippen molar-refractivity contribution < 1.29 is 4.79 Å². The van der Waals surface area contributed by atoms with Gasteiger partial charge >= 0.3 is 0 Å². The molecule has 1 aliphatic heterocycles. The number of amidine groups is 1. The number of hydrogen-bond donors (Lipinski definition) is 2. The molecule has 4 rings (SSSR count). The summed E-state index contributed by atoms with van der Waals surface area (Å²) in [5.41, 5.74) is 14.4. The van der Waals surface area contributed by atoms with Crippen molar-refractivity contribution in [3.05, 3.63) is 29.3 Å². The van der Waals surface area contributed by atoms with Crippen molar-refractivity contribution in [3.8, 4) is 0 Å². The van der Waals surface area contributed by atoms with Gasteiger partial charge in [-0.1, -0.05) is 25.8 Å². The molecular formula is C22H29N3OS. The Balaban J connectivity index is 1.74. The number of ketones is 1. The number of nitrogens with two attached hydrogens (primary N) is 2. The number of anilines is 1. The van der Waals surface area contributed by atoms with Gasteiger partial charge in [-0.2, -0.15) is 0 Å². The lowest BCUT2D eigenvalue weighted by Gasteiger charge is -2.25. The fourth-order valence-electron chi connectivity index (χ4n) is 4.29. The average Bonchev–Trinajstić information content (AvgIpc) is 3.40. The molecule has 1 unspecified atom stereocenters. The van der Waals surface area contributed by atoms with E-state index in [-0.39, 0.29) is 11.7 Å². The molecule has 2 aliphatic rings. The van der Waals surface area contributed by atoms with Gasteiger partial charge < -0.3 is 11.5 Å². The second-order valence-electron chi connectivity index (χ2n) is 8.47. The Morgan fingerprint density at radius 3 is 2.78 bits per heavy atom. The van der Waals surface area contributed by atoms with E-state index in [2.05, 4.69) is 25.1 Å². The van der Waals surface area contributed by atoms with Crippen LogP contribution in [0.1, 0.15) is 63.5 Å². The maximum absolute atomic E-state index is 12.6. The molecule has 1 aromatic carbocycles. The highest BCUT2D eigenvalue weighted by molar-refractivity contribution is 7.22. The Morgan fingerprint density at radius 1 is 1.30 bits per heavy atom. The molecule has 4 nitrogen and oxygen atoms in total. The lowest BCUT2D eigenvalue weighted by atomic mass is 9.86. The van der Waals surface area contributed by atoms with Crippen molar-refractivity contribution in [2.45, 2.75) is 64.3 Å². The van der Waals surface area contributed by atoms with E-state index in [9.17, 15) is 4.79 Å². The third kappa shape index (κ3) is 3.62. The Bertz CT molecular complexity index is 912. The smallest absolute Gasteiger partial charge is 0.136 e. The van der Waals surface area contributed by atoms with Gasteiger partial charge in [0.1, 0.15) is 5.78 Å². The number of carbonyl (C=O) groups is 1. The van der Waals surface area contributed by atoms with Gasteiger partial charge in [-0.25, -0.2) is 0 Å². The van der Waals surface area contributed by atoms with E-state index in [1.54, 1.807) is 11.3 Å². The zero-order chi connectivity index (χ0) is 19.2. The highest BCUT2D eigenvalue weighted by Gasteiger charge is 2.35. The number of fused-ring (bicyclic) bond motifs is 1. The lowest BCUT2D eigenvalue weighted by molar-refractivity contribution is -0.120. The molecule has 0 amide bonds. The van der Waals surface area contributed by atoms with E-state index < -0.39 is 5.54 Å². The second kappa shape index (κ2) is 6.93. The summed E-state index contributed by atoms with van der Waals surface area (Å²) in [5, 5.41) is 2.16. The largest absolute Gasteiger partial charge is 0.390 e. The van der Waals surface area contributed by atoms with E-state index in [1.165, 1.54) is 34.9 Å². The Hall–Kier alpha value is -1.88. The predicted octanol–water partition coefficient (Wildman–Crippen LogP) is 4.79. The van der Waals surface area contributed by atoms with E-state index in [4.69, 9.17) is 16.5 Å². The standard InChI is InChI=1S/C22H29N3OS/c1-3-14-10-16(26)12-22(2,25-20(14)23)15-7-9-19-18(11-15)17(21(24)27-19)8-6-13-4-5-13/h7,9,11,13-14H,3-6,8,10,12,24H2,1-2H3,(H2,23,25)/t14?,22-/m0/s1. The first-order valence-corrected chi connectivity index (χ1v) is 10.9. The SMILES string of the molecule is CCC1CC(=O)C[C@@](C)(c2ccc3sc(N)c(CCC4CC4)c3c2)N=C1N. The van der Waals surface area contributed by atoms with Gasteiger partial charge in [-0.05, 0) is 60.7 Å². The van der Waals surface area contributed by atoms with Gasteiger partial charge in [-0.15, -0.1) is 11.3 Å². The number of hydrogen-bond acceptors (Lipinski definition) is 5. The Morgan fingerprint density at radius 2 is 2.07 bits per heavy atom. The summed E-state index contributed by atoms with van der Waals surface area (Å²) in [7, 11) is 0. The van der Waals surface area contributed by atoms with Crippen LogP contribution < -0.4 is 11.5 Å². The van der Waals surface area contributed by atoms with E-state index in [0.717, 1.165) is 29.3 Å². The molecule has 0 saturated heterocycles. The molecule has 2 heterocycles. The Labute approximate surface area is 165 Å². The van der Waals surface area contributed by atoms with Crippen LogP contribution in [0.15, 0.2) is 23.2 Å². The summed E-state index contributed by atoms with van der Waals surface area (Å²) in [4.78, 5) is 17.4. The van der Waals surface area contributed by atoms with Crippen molar-refractivity contribution in [3.63, 3.8) is 0 Å². The maximum atomic E-state index is 12.6. The van der Waals surface area contributed by atoms with Crippen LogP contribution in [0.4, 0.5) is 5.00 Å². The van der Waals surface area contributed by atoms with E-state index in [1.807, 2.05) is 6.92 Å². The van der Waals surface area contributed by atoms with Crippen LogP contribution in [0.3, 0.4) is 0 Å². The molecule has 2 atom stereocenters. The number of aliphatic imine (C=N–C) groups is 1. The molecule has 27 heavy (non-hydrogen) atoms. The highest BCUT2D eigenvalue weighted by atomic mass is 32.1. The van der Waals surface area contributed by atoms with Gasteiger partial charge in [0.2, 0.25) is 0 Å². The number of benzene rings is 1. The third-order valence-electron chi connectivity index (χ3n) is 6.25. The van der Waals surface area contributed by atoms with E-state index in [0.29, 0.717) is 18.7 Å². The summed E-state index contributed by atoms with van der Waals surface area (Å²) in [6.07, 6.45) is 6.75. The molecule has 0 spiro atoms.